The van der Waals surface area contributed by atoms with Crippen LogP contribution in [0.1, 0.15) is 32.1 Å². The van der Waals surface area contributed by atoms with Crippen molar-refractivity contribution in [3.8, 4) is 0 Å². The van der Waals surface area contributed by atoms with Gasteiger partial charge in [-0.1, -0.05) is 12.1 Å². The van der Waals surface area contributed by atoms with E-state index >= 15 is 0 Å². The number of carbonyl (C=O) groups is 1. The Morgan fingerprint density at radius 1 is 1.06 bits per heavy atom. The van der Waals surface area contributed by atoms with E-state index in [-0.39, 0.29) is 11.5 Å². The molecule has 3 heterocycles. The molecular formula is C22H28N6O3. The molecule has 0 saturated carbocycles. The number of aromatic nitrogens is 4. The van der Waals surface area contributed by atoms with Crippen molar-refractivity contribution in [1.82, 2.24) is 18.7 Å². The second-order valence-electron chi connectivity index (χ2n) is 8.03. The summed E-state index contributed by atoms with van der Waals surface area (Å²) in [5, 5.41) is 3.05. The molecule has 1 aromatic carbocycles. The zero-order chi connectivity index (χ0) is 22.0. The lowest BCUT2D eigenvalue weighted by Crippen LogP contribution is -2.37. The number of imidazole rings is 1. The van der Waals surface area contributed by atoms with Crippen LogP contribution in [0.5, 0.6) is 0 Å². The number of hydrogen-bond acceptors (Lipinski definition) is 5. The fourth-order valence-electron chi connectivity index (χ4n) is 4.18. The molecule has 0 spiro atoms. The van der Waals surface area contributed by atoms with Crippen molar-refractivity contribution in [3.63, 3.8) is 0 Å². The molecule has 3 aromatic rings. The minimum atomic E-state index is -0.408. The van der Waals surface area contributed by atoms with Gasteiger partial charge in [-0.25, -0.2) is 9.78 Å². The minimum Gasteiger partial charge on any atom is -0.370 e. The van der Waals surface area contributed by atoms with Gasteiger partial charge in [-0.05, 0) is 37.8 Å². The molecule has 1 N–H and O–H groups in total. The molecule has 9 nitrogen and oxygen atoms in total. The maximum absolute atomic E-state index is 12.6. The van der Waals surface area contributed by atoms with Gasteiger partial charge in [0.1, 0.15) is 0 Å². The van der Waals surface area contributed by atoms with E-state index in [2.05, 4.69) is 21.3 Å². The number of para-hydroxylation sites is 2. The summed E-state index contributed by atoms with van der Waals surface area (Å²) < 4.78 is 4.15. The normalized spacial score (nSPS) is 14.2. The van der Waals surface area contributed by atoms with Crippen LogP contribution in [0.25, 0.3) is 11.2 Å². The largest absolute Gasteiger partial charge is 0.370 e. The SMILES string of the molecule is Cn1c(=O)c2c(ncn2CCCC(=O)Nc2ccccc2N2CCCCC2)n(C)c1=O. The zero-order valence-corrected chi connectivity index (χ0v) is 18.0. The van der Waals surface area contributed by atoms with Crippen molar-refractivity contribution in [2.24, 2.45) is 14.1 Å². The highest BCUT2D eigenvalue weighted by Crippen LogP contribution is 2.28. The van der Waals surface area contributed by atoms with Gasteiger partial charge in [-0.3, -0.25) is 18.7 Å². The lowest BCUT2D eigenvalue weighted by Gasteiger charge is -2.30. The van der Waals surface area contributed by atoms with Crippen molar-refractivity contribution in [2.45, 2.75) is 38.6 Å². The van der Waals surface area contributed by atoms with Crippen LogP contribution in [0.4, 0.5) is 11.4 Å². The number of benzene rings is 1. The summed E-state index contributed by atoms with van der Waals surface area (Å²) >= 11 is 0. The number of anilines is 2. The molecule has 1 fully saturated rings. The monoisotopic (exact) mass is 424 g/mol. The Morgan fingerprint density at radius 3 is 2.58 bits per heavy atom. The average molecular weight is 425 g/mol. The third-order valence-electron chi connectivity index (χ3n) is 5.89. The van der Waals surface area contributed by atoms with E-state index in [1.165, 1.54) is 30.9 Å². The van der Waals surface area contributed by atoms with Crippen molar-refractivity contribution in [3.05, 3.63) is 51.4 Å². The van der Waals surface area contributed by atoms with Crippen LogP contribution in [-0.4, -0.2) is 37.7 Å². The Balaban J connectivity index is 1.42. The highest BCUT2D eigenvalue weighted by molar-refractivity contribution is 5.94. The second-order valence-corrected chi connectivity index (χ2v) is 8.03. The topological polar surface area (TPSA) is 94.2 Å². The van der Waals surface area contributed by atoms with E-state index in [1.54, 1.807) is 17.9 Å². The summed E-state index contributed by atoms with van der Waals surface area (Å²) in [5.41, 5.74) is 1.85. The molecule has 1 amide bonds. The first-order valence-corrected chi connectivity index (χ1v) is 10.7. The molecule has 164 valence electrons. The van der Waals surface area contributed by atoms with Crippen molar-refractivity contribution < 1.29 is 4.79 Å². The Hall–Kier alpha value is -3.36. The van der Waals surface area contributed by atoms with Gasteiger partial charge in [0.2, 0.25) is 5.91 Å². The molecule has 1 aliphatic rings. The van der Waals surface area contributed by atoms with Crippen LogP contribution < -0.4 is 21.5 Å². The number of nitrogens with one attached hydrogen (secondary N) is 1. The van der Waals surface area contributed by atoms with Gasteiger partial charge in [0.05, 0.1) is 17.7 Å². The summed E-state index contributed by atoms with van der Waals surface area (Å²) in [6.45, 7) is 2.49. The number of fused-ring (bicyclic) bond motifs is 1. The molecule has 2 aromatic heterocycles. The smallest absolute Gasteiger partial charge is 0.332 e. The number of hydrogen-bond donors (Lipinski definition) is 1. The van der Waals surface area contributed by atoms with Gasteiger partial charge in [-0.2, -0.15) is 0 Å². The van der Waals surface area contributed by atoms with Crippen molar-refractivity contribution >= 4 is 28.4 Å². The Kier molecular flexibility index (Phi) is 5.92. The third-order valence-corrected chi connectivity index (χ3v) is 5.89. The predicted octanol–water partition coefficient (Wildman–Crippen LogP) is 1.84. The van der Waals surface area contributed by atoms with Crippen LogP contribution >= 0.6 is 0 Å². The highest BCUT2D eigenvalue weighted by atomic mass is 16.2. The highest BCUT2D eigenvalue weighted by Gasteiger charge is 2.16. The number of piperidine rings is 1. The molecule has 0 radical (unpaired) electrons. The van der Waals surface area contributed by atoms with Crippen LogP contribution in [-0.2, 0) is 25.4 Å². The second kappa shape index (κ2) is 8.79. The molecule has 31 heavy (non-hydrogen) atoms. The number of nitrogens with zero attached hydrogens (tertiary/aromatic N) is 5. The molecule has 0 bridgehead atoms. The lowest BCUT2D eigenvalue weighted by atomic mass is 10.1. The zero-order valence-electron chi connectivity index (χ0n) is 18.0. The van der Waals surface area contributed by atoms with Gasteiger partial charge in [0, 0.05) is 40.2 Å². The van der Waals surface area contributed by atoms with Gasteiger partial charge < -0.3 is 14.8 Å². The number of aryl methyl sites for hydroxylation is 2. The average Bonchev–Trinajstić information content (AvgIpc) is 3.21. The van der Waals surface area contributed by atoms with Crippen molar-refractivity contribution in [2.75, 3.05) is 23.3 Å². The Labute approximate surface area is 179 Å². The predicted molar refractivity (Wildman–Crippen MR) is 121 cm³/mol. The molecule has 1 saturated heterocycles. The molecule has 0 aliphatic carbocycles. The number of carbonyl (C=O) groups excluding carboxylic acids is 1. The van der Waals surface area contributed by atoms with Gasteiger partial charge >= 0.3 is 5.69 Å². The lowest BCUT2D eigenvalue weighted by molar-refractivity contribution is -0.116. The molecule has 1 aliphatic heterocycles. The number of amides is 1. The Bertz CT molecular complexity index is 1220. The van der Waals surface area contributed by atoms with Gasteiger partial charge in [-0.15, -0.1) is 0 Å². The molecule has 0 atom stereocenters. The van der Waals surface area contributed by atoms with E-state index in [4.69, 9.17) is 0 Å². The maximum atomic E-state index is 12.6. The molecular weight excluding hydrogens is 396 g/mol. The fourth-order valence-corrected chi connectivity index (χ4v) is 4.18. The van der Waals surface area contributed by atoms with Gasteiger partial charge in [0.25, 0.3) is 5.56 Å². The van der Waals surface area contributed by atoms with Crippen LogP contribution in [0.2, 0.25) is 0 Å². The summed E-state index contributed by atoms with van der Waals surface area (Å²) in [7, 11) is 3.04. The number of rotatable bonds is 6. The quantitative estimate of drug-likeness (QED) is 0.652. The standard InChI is InChI=1S/C22H28N6O3/c1-25-20-19(21(30)26(2)22(25)31)28(15-23-20)14-8-11-18(29)24-16-9-4-5-10-17(16)27-12-6-3-7-13-27/h4-5,9-10,15H,3,6-8,11-14H2,1-2H3,(H,24,29). The van der Waals surface area contributed by atoms with E-state index in [0.29, 0.717) is 30.6 Å². The molecule has 0 unspecified atom stereocenters. The molecule has 9 heteroatoms. The van der Waals surface area contributed by atoms with Gasteiger partial charge in [0.15, 0.2) is 11.2 Å². The maximum Gasteiger partial charge on any atom is 0.332 e. The van der Waals surface area contributed by atoms with Crippen LogP contribution in [0.3, 0.4) is 0 Å². The molecule has 4 rings (SSSR count). The fraction of sp³-hybridized carbons (Fsp3) is 0.455. The summed E-state index contributed by atoms with van der Waals surface area (Å²) in [5.74, 6) is -0.0609. The van der Waals surface area contributed by atoms with E-state index < -0.39 is 5.69 Å². The van der Waals surface area contributed by atoms with E-state index in [0.717, 1.165) is 29.0 Å². The van der Waals surface area contributed by atoms with Crippen LogP contribution in [0, 0.1) is 0 Å². The summed E-state index contributed by atoms with van der Waals surface area (Å²) in [6.07, 6.45) is 6.02. The minimum absolute atomic E-state index is 0.0609. The first kappa shape index (κ1) is 20.9. The third kappa shape index (κ3) is 4.12. The summed E-state index contributed by atoms with van der Waals surface area (Å²) in [4.78, 5) is 43.7. The van der Waals surface area contributed by atoms with E-state index in [9.17, 15) is 14.4 Å². The first-order valence-electron chi connectivity index (χ1n) is 10.7. The van der Waals surface area contributed by atoms with Crippen molar-refractivity contribution in [1.29, 1.82) is 0 Å². The van der Waals surface area contributed by atoms with E-state index in [1.807, 2.05) is 18.2 Å². The Morgan fingerprint density at radius 2 is 1.81 bits per heavy atom. The summed E-state index contributed by atoms with van der Waals surface area (Å²) in [6, 6.07) is 7.92. The first-order chi connectivity index (χ1) is 15.0. The van der Waals surface area contributed by atoms with Crippen LogP contribution in [0.15, 0.2) is 40.2 Å².